The van der Waals surface area contributed by atoms with Gasteiger partial charge in [-0.15, -0.1) is 0 Å². The summed E-state index contributed by atoms with van der Waals surface area (Å²) in [6.07, 6.45) is 3.69. The van der Waals surface area contributed by atoms with Crippen molar-refractivity contribution in [3.05, 3.63) is 75.3 Å². The topological polar surface area (TPSA) is 85.4 Å². The summed E-state index contributed by atoms with van der Waals surface area (Å²) in [7, 11) is 0. The number of nitrogens with one attached hydrogen (secondary N) is 1. The van der Waals surface area contributed by atoms with Gasteiger partial charge >= 0.3 is 0 Å². The standard InChI is InChI=1S/C18H14ClN5O2/c1-11-7-15(14-3-2-4-16(24(25)26)18(14)21-11)20-8-13-10-23-9-12(19)5-6-17(23)22-13/h2-7,9-10H,8H2,1H3,(H,20,21). The Hall–Kier alpha value is -3.19. The van der Waals surface area contributed by atoms with Gasteiger partial charge in [0.05, 0.1) is 22.2 Å². The van der Waals surface area contributed by atoms with Gasteiger partial charge in [-0.05, 0) is 25.1 Å². The molecule has 0 saturated heterocycles. The fourth-order valence-electron chi connectivity index (χ4n) is 2.94. The van der Waals surface area contributed by atoms with E-state index in [9.17, 15) is 10.1 Å². The van der Waals surface area contributed by atoms with Crippen molar-refractivity contribution in [2.45, 2.75) is 13.5 Å². The molecule has 1 aromatic carbocycles. The lowest BCUT2D eigenvalue weighted by Crippen LogP contribution is -2.02. The van der Waals surface area contributed by atoms with E-state index < -0.39 is 4.92 Å². The number of benzene rings is 1. The molecular formula is C18H14ClN5O2. The van der Waals surface area contributed by atoms with Crippen molar-refractivity contribution in [2.75, 3.05) is 5.32 Å². The van der Waals surface area contributed by atoms with Crippen LogP contribution in [0.3, 0.4) is 0 Å². The number of aromatic nitrogens is 3. The molecule has 7 nitrogen and oxygen atoms in total. The van der Waals surface area contributed by atoms with Gasteiger partial charge in [0.25, 0.3) is 5.69 Å². The first kappa shape index (κ1) is 16.3. The van der Waals surface area contributed by atoms with Crippen LogP contribution in [0, 0.1) is 17.0 Å². The molecule has 3 heterocycles. The summed E-state index contributed by atoms with van der Waals surface area (Å²) in [5.74, 6) is 0. The average Bonchev–Trinajstić information content (AvgIpc) is 3.00. The summed E-state index contributed by atoms with van der Waals surface area (Å²) in [6.45, 7) is 2.29. The van der Waals surface area contributed by atoms with Crippen LogP contribution in [0.4, 0.5) is 11.4 Å². The monoisotopic (exact) mass is 367 g/mol. The molecule has 130 valence electrons. The molecule has 3 aromatic heterocycles. The molecule has 0 atom stereocenters. The van der Waals surface area contributed by atoms with Gasteiger partial charge in [-0.25, -0.2) is 9.97 Å². The number of hydrogen-bond acceptors (Lipinski definition) is 5. The number of para-hydroxylation sites is 1. The smallest absolute Gasteiger partial charge is 0.295 e. The molecule has 26 heavy (non-hydrogen) atoms. The molecule has 0 fully saturated rings. The van der Waals surface area contributed by atoms with E-state index in [1.807, 2.05) is 35.7 Å². The van der Waals surface area contributed by atoms with Gasteiger partial charge in [0.2, 0.25) is 0 Å². The second-order valence-electron chi connectivity index (χ2n) is 5.94. The number of pyridine rings is 2. The highest BCUT2D eigenvalue weighted by atomic mass is 35.5. The van der Waals surface area contributed by atoms with E-state index in [-0.39, 0.29) is 5.69 Å². The van der Waals surface area contributed by atoms with Crippen LogP contribution in [0.25, 0.3) is 16.6 Å². The molecule has 4 rings (SSSR count). The number of imidazole rings is 1. The minimum atomic E-state index is -0.412. The number of non-ortho nitro benzene ring substituents is 1. The number of nitro benzene ring substituents is 1. The Morgan fingerprint density at radius 2 is 2.08 bits per heavy atom. The fraction of sp³-hybridized carbons (Fsp3) is 0.111. The highest BCUT2D eigenvalue weighted by molar-refractivity contribution is 6.30. The number of fused-ring (bicyclic) bond motifs is 2. The van der Waals surface area contributed by atoms with E-state index in [4.69, 9.17) is 11.6 Å². The van der Waals surface area contributed by atoms with Crippen LogP contribution < -0.4 is 5.32 Å². The fourth-order valence-corrected chi connectivity index (χ4v) is 3.11. The van der Waals surface area contributed by atoms with Crippen LogP contribution in [0.15, 0.2) is 48.8 Å². The Morgan fingerprint density at radius 1 is 1.23 bits per heavy atom. The number of anilines is 1. The number of nitro groups is 1. The second kappa shape index (κ2) is 6.27. The molecular weight excluding hydrogens is 354 g/mol. The van der Waals surface area contributed by atoms with Crippen molar-refractivity contribution in [1.29, 1.82) is 0 Å². The maximum Gasteiger partial charge on any atom is 0.295 e. The van der Waals surface area contributed by atoms with E-state index in [0.29, 0.717) is 28.2 Å². The van der Waals surface area contributed by atoms with Crippen molar-refractivity contribution in [3.8, 4) is 0 Å². The van der Waals surface area contributed by atoms with Crippen LogP contribution in [0.5, 0.6) is 0 Å². The first-order chi connectivity index (χ1) is 12.5. The number of rotatable bonds is 4. The number of nitrogens with zero attached hydrogens (tertiary/aromatic N) is 4. The summed E-state index contributed by atoms with van der Waals surface area (Å²) < 4.78 is 1.86. The summed E-state index contributed by atoms with van der Waals surface area (Å²) in [4.78, 5) is 19.7. The molecule has 0 unspecified atom stereocenters. The highest BCUT2D eigenvalue weighted by Gasteiger charge is 2.15. The van der Waals surface area contributed by atoms with Crippen molar-refractivity contribution in [2.24, 2.45) is 0 Å². The predicted octanol–water partition coefficient (Wildman–Crippen LogP) is 4.36. The number of hydrogen-bond donors (Lipinski definition) is 1. The first-order valence-electron chi connectivity index (χ1n) is 7.93. The Labute approximate surface area is 153 Å². The summed E-state index contributed by atoms with van der Waals surface area (Å²) in [5, 5.41) is 15.9. The van der Waals surface area contributed by atoms with E-state index in [1.165, 1.54) is 6.07 Å². The minimum Gasteiger partial charge on any atom is -0.379 e. The molecule has 0 amide bonds. The Balaban J connectivity index is 1.70. The molecule has 0 aliphatic heterocycles. The summed E-state index contributed by atoms with van der Waals surface area (Å²) >= 11 is 6.00. The maximum absolute atomic E-state index is 11.3. The quantitative estimate of drug-likeness (QED) is 0.427. The molecule has 8 heteroatoms. The van der Waals surface area contributed by atoms with Gasteiger partial charge < -0.3 is 9.72 Å². The molecule has 0 spiro atoms. The second-order valence-corrected chi connectivity index (χ2v) is 6.38. The van der Waals surface area contributed by atoms with Gasteiger partial charge in [0.1, 0.15) is 5.65 Å². The maximum atomic E-state index is 11.3. The van der Waals surface area contributed by atoms with Crippen molar-refractivity contribution >= 4 is 39.5 Å². The van der Waals surface area contributed by atoms with E-state index in [2.05, 4.69) is 15.3 Å². The molecule has 0 saturated carbocycles. The van der Waals surface area contributed by atoms with Crippen LogP contribution in [0.1, 0.15) is 11.4 Å². The van der Waals surface area contributed by atoms with E-state index in [0.717, 1.165) is 17.0 Å². The number of halogens is 1. The van der Waals surface area contributed by atoms with E-state index >= 15 is 0 Å². The SMILES string of the molecule is Cc1cc(NCc2cn3cc(Cl)ccc3n2)c2cccc([N+](=O)[O-])c2n1. The predicted molar refractivity (Wildman–Crippen MR) is 101 cm³/mol. The zero-order chi connectivity index (χ0) is 18.3. The summed E-state index contributed by atoms with van der Waals surface area (Å²) in [6, 6.07) is 10.5. The summed E-state index contributed by atoms with van der Waals surface area (Å²) in [5.41, 5.74) is 3.50. The van der Waals surface area contributed by atoms with Gasteiger partial charge in [-0.1, -0.05) is 23.7 Å². The third kappa shape index (κ3) is 2.93. The lowest BCUT2D eigenvalue weighted by atomic mass is 10.1. The van der Waals surface area contributed by atoms with Crippen molar-refractivity contribution in [1.82, 2.24) is 14.4 Å². The van der Waals surface area contributed by atoms with Crippen LogP contribution in [-0.4, -0.2) is 19.3 Å². The number of aryl methyl sites for hydroxylation is 1. The largest absolute Gasteiger partial charge is 0.379 e. The third-order valence-corrected chi connectivity index (χ3v) is 4.29. The Bertz CT molecular complexity index is 1160. The third-order valence-electron chi connectivity index (χ3n) is 4.07. The van der Waals surface area contributed by atoms with Gasteiger partial charge in [-0.2, -0.15) is 0 Å². The minimum absolute atomic E-state index is 0.00313. The van der Waals surface area contributed by atoms with Gasteiger partial charge in [0.15, 0.2) is 5.52 Å². The van der Waals surface area contributed by atoms with Crippen LogP contribution in [-0.2, 0) is 6.54 Å². The highest BCUT2D eigenvalue weighted by Crippen LogP contribution is 2.30. The molecule has 0 aliphatic rings. The Kier molecular flexibility index (Phi) is 3.93. The zero-order valence-electron chi connectivity index (χ0n) is 13.8. The van der Waals surface area contributed by atoms with Gasteiger partial charge in [0, 0.05) is 35.2 Å². The molecule has 0 aliphatic carbocycles. The molecule has 4 aromatic rings. The lowest BCUT2D eigenvalue weighted by Gasteiger charge is -2.10. The van der Waals surface area contributed by atoms with Gasteiger partial charge in [-0.3, -0.25) is 10.1 Å². The molecule has 1 N–H and O–H groups in total. The zero-order valence-corrected chi connectivity index (χ0v) is 14.6. The first-order valence-corrected chi connectivity index (χ1v) is 8.31. The van der Waals surface area contributed by atoms with Crippen LogP contribution >= 0.6 is 11.6 Å². The normalized spacial score (nSPS) is 11.2. The lowest BCUT2D eigenvalue weighted by molar-refractivity contribution is -0.383. The Morgan fingerprint density at radius 3 is 2.88 bits per heavy atom. The van der Waals surface area contributed by atoms with Crippen molar-refractivity contribution < 1.29 is 4.92 Å². The van der Waals surface area contributed by atoms with E-state index in [1.54, 1.807) is 18.3 Å². The van der Waals surface area contributed by atoms with Crippen molar-refractivity contribution in [3.63, 3.8) is 0 Å². The average molecular weight is 368 g/mol. The molecule has 0 bridgehead atoms. The van der Waals surface area contributed by atoms with Crippen LogP contribution in [0.2, 0.25) is 5.02 Å². The molecule has 0 radical (unpaired) electrons.